The van der Waals surface area contributed by atoms with Crippen molar-refractivity contribution in [3.63, 3.8) is 0 Å². The molecule has 1 rings (SSSR count). The highest BCUT2D eigenvalue weighted by molar-refractivity contribution is 5.64. The number of hydrogen-bond donors (Lipinski definition) is 1. The van der Waals surface area contributed by atoms with Crippen LogP contribution in [-0.2, 0) is 6.54 Å². The number of nitrogens with zero attached hydrogens (tertiary/aromatic N) is 1. The fraction of sp³-hybridized carbons (Fsp3) is 0.417. The summed E-state index contributed by atoms with van der Waals surface area (Å²) in [6.07, 6.45) is -0.923. The molecule has 0 heterocycles. The standard InChI is InChI=1S/C12H17NO3/c1-8-9(2)11(16-4)6-5-10(8)7-13(3)12(14)15/h5-6H,7H2,1-4H3,(H,14,15). The highest BCUT2D eigenvalue weighted by atomic mass is 16.5. The van der Waals surface area contributed by atoms with Gasteiger partial charge in [0, 0.05) is 13.6 Å². The quantitative estimate of drug-likeness (QED) is 0.856. The van der Waals surface area contributed by atoms with E-state index in [2.05, 4.69) is 0 Å². The van der Waals surface area contributed by atoms with E-state index < -0.39 is 6.09 Å². The van der Waals surface area contributed by atoms with Crippen LogP contribution in [0.4, 0.5) is 4.79 Å². The molecule has 88 valence electrons. The van der Waals surface area contributed by atoms with Crippen molar-refractivity contribution in [3.05, 3.63) is 28.8 Å². The SMILES string of the molecule is COc1ccc(CN(C)C(=O)O)c(C)c1C. The molecule has 16 heavy (non-hydrogen) atoms. The summed E-state index contributed by atoms with van der Waals surface area (Å²) in [6.45, 7) is 4.34. The molecule has 1 amide bonds. The van der Waals surface area contributed by atoms with Crippen LogP contribution in [0.2, 0.25) is 0 Å². The van der Waals surface area contributed by atoms with Crippen molar-refractivity contribution in [2.45, 2.75) is 20.4 Å². The number of carbonyl (C=O) groups is 1. The molecular weight excluding hydrogens is 206 g/mol. The van der Waals surface area contributed by atoms with E-state index in [1.807, 2.05) is 26.0 Å². The van der Waals surface area contributed by atoms with Crippen LogP contribution in [0, 0.1) is 13.8 Å². The summed E-state index contributed by atoms with van der Waals surface area (Å²) in [7, 11) is 3.19. The lowest BCUT2D eigenvalue weighted by molar-refractivity contribution is 0.153. The van der Waals surface area contributed by atoms with Gasteiger partial charge >= 0.3 is 6.09 Å². The summed E-state index contributed by atoms with van der Waals surface area (Å²) in [6, 6.07) is 3.77. The van der Waals surface area contributed by atoms with Gasteiger partial charge in [-0.15, -0.1) is 0 Å². The molecule has 0 aliphatic carbocycles. The van der Waals surface area contributed by atoms with E-state index >= 15 is 0 Å². The molecule has 1 N–H and O–H groups in total. The first kappa shape index (κ1) is 12.4. The van der Waals surface area contributed by atoms with Crippen LogP contribution in [0.1, 0.15) is 16.7 Å². The number of benzene rings is 1. The van der Waals surface area contributed by atoms with Gasteiger partial charge in [-0.3, -0.25) is 0 Å². The molecule has 4 nitrogen and oxygen atoms in total. The van der Waals surface area contributed by atoms with E-state index in [0.717, 1.165) is 22.4 Å². The highest BCUT2D eigenvalue weighted by Crippen LogP contribution is 2.24. The monoisotopic (exact) mass is 223 g/mol. The molecule has 0 unspecified atom stereocenters. The summed E-state index contributed by atoms with van der Waals surface area (Å²) in [5, 5.41) is 8.81. The van der Waals surface area contributed by atoms with Crippen LogP contribution in [0.15, 0.2) is 12.1 Å². The molecule has 1 aromatic rings. The second-order valence-electron chi connectivity index (χ2n) is 3.82. The number of amides is 1. The van der Waals surface area contributed by atoms with Gasteiger partial charge in [0.2, 0.25) is 0 Å². The van der Waals surface area contributed by atoms with Crippen molar-refractivity contribution < 1.29 is 14.6 Å². The Morgan fingerprint density at radius 1 is 1.38 bits per heavy atom. The molecular formula is C12H17NO3. The zero-order valence-corrected chi connectivity index (χ0v) is 10.1. The molecule has 0 fully saturated rings. The second kappa shape index (κ2) is 4.88. The van der Waals surface area contributed by atoms with Crippen LogP contribution in [-0.4, -0.2) is 30.3 Å². The molecule has 0 aliphatic rings. The van der Waals surface area contributed by atoms with Crippen LogP contribution >= 0.6 is 0 Å². The Labute approximate surface area is 95.5 Å². The Morgan fingerprint density at radius 3 is 2.50 bits per heavy atom. The first-order chi connectivity index (χ1) is 7.47. The first-order valence-corrected chi connectivity index (χ1v) is 5.04. The molecule has 0 saturated carbocycles. The zero-order valence-electron chi connectivity index (χ0n) is 10.1. The predicted octanol–water partition coefficient (Wildman–Crippen LogP) is 2.42. The summed E-state index contributed by atoms with van der Waals surface area (Å²) in [5.74, 6) is 0.833. The van der Waals surface area contributed by atoms with Crippen molar-refractivity contribution in [1.29, 1.82) is 0 Å². The third kappa shape index (κ3) is 2.45. The maximum atomic E-state index is 10.7. The summed E-state index contributed by atoms with van der Waals surface area (Å²) >= 11 is 0. The molecule has 4 heteroatoms. The topological polar surface area (TPSA) is 49.8 Å². The number of rotatable bonds is 3. The van der Waals surface area contributed by atoms with Gasteiger partial charge in [-0.05, 0) is 36.6 Å². The van der Waals surface area contributed by atoms with Crippen molar-refractivity contribution >= 4 is 6.09 Å². The lowest BCUT2D eigenvalue weighted by atomic mass is 10.0. The van der Waals surface area contributed by atoms with E-state index in [4.69, 9.17) is 9.84 Å². The first-order valence-electron chi connectivity index (χ1n) is 5.04. The average Bonchev–Trinajstić information content (AvgIpc) is 2.25. The molecule has 1 aromatic carbocycles. The third-order valence-corrected chi connectivity index (χ3v) is 2.80. The molecule has 0 spiro atoms. The molecule has 0 radical (unpaired) electrons. The van der Waals surface area contributed by atoms with Gasteiger partial charge in [-0.2, -0.15) is 0 Å². The molecule has 0 atom stereocenters. The minimum absolute atomic E-state index is 0.395. The van der Waals surface area contributed by atoms with Gasteiger partial charge in [-0.1, -0.05) is 6.07 Å². The Morgan fingerprint density at radius 2 is 2.00 bits per heavy atom. The number of ether oxygens (including phenoxy) is 1. The molecule has 0 aliphatic heterocycles. The van der Waals surface area contributed by atoms with Crippen LogP contribution in [0.3, 0.4) is 0 Å². The second-order valence-corrected chi connectivity index (χ2v) is 3.82. The van der Waals surface area contributed by atoms with E-state index in [9.17, 15) is 4.79 Å². The lowest BCUT2D eigenvalue weighted by Crippen LogP contribution is -2.24. The maximum absolute atomic E-state index is 10.7. The fourth-order valence-electron chi connectivity index (χ4n) is 1.57. The Kier molecular flexibility index (Phi) is 3.77. The van der Waals surface area contributed by atoms with E-state index in [1.165, 1.54) is 4.90 Å². The summed E-state index contributed by atoms with van der Waals surface area (Å²) < 4.78 is 5.20. The van der Waals surface area contributed by atoms with Crippen LogP contribution in [0.25, 0.3) is 0 Å². The lowest BCUT2D eigenvalue weighted by Gasteiger charge is -2.17. The minimum atomic E-state index is -0.923. The Balaban J connectivity index is 2.99. The molecule has 0 aromatic heterocycles. The number of carboxylic acid groups (broad SMARTS) is 1. The molecule has 0 bridgehead atoms. The Hall–Kier alpha value is -1.71. The third-order valence-electron chi connectivity index (χ3n) is 2.80. The largest absolute Gasteiger partial charge is 0.496 e. The highest BCUT2D eigenvalue weighted by Gasteiger charge is 2.11. The fourth-order valence-corrected chi connectivity index (χ4v) is 1.57. The van der Waals surface area contributed by atoms with E-state index in [-0.39, 0.29) is 0 Å². The van der Waals surface area contributed by atoms with E-state index in [0.29, 0.717) is 6.54 Å². The number of hydrogen-bond acceptors (Lipinski definition) is 2. The summed E-state index contributed by atoms with van der Waals surface area (Å²) in [5.41, 5.74) is 3.13. The van der Waals surface area contributed by atoms with Gasteiger partial charge in [0.15, 0.2) is 0 Å². The van der Waals surface area contributed by atoms with E-state index in [1.54, 1.807) is 14.2 Å². The van der Waals surface area contributed by atoms with Gasteiger partial charge in [0.1, 0.15) is 5.75 Å². The number of methoxy groups -OCH3 is 1. The van der Waals surface area contributed by atoms with Crippen LogP contribution in [0.5, 0.6) is 5.75 Å². The van der Waals surface area contributed by atoms with Crippen molar-refractivity contribution in [3.8, 4) is 5.75 Å². The van der Waals surface area contributed by atoms with Crippen molar-refractivity contribution in [2.75, 3.05) is 14.2 Å². The van der Waals surface area contributed by atoms with Crippen LogP contribution < -0.4 is 4.74 Å². The minimum Gasteiger partial charge on any atom is -0.496 e. The normalized spacial score (nSPS) is 10.0. The van der Waals surface area contributed by atoms with Gasteiger partial charge in [-0.25, -0.2) is 4.79 Å². The predicted molar refractivity (Wildman–Crippen MR) is 62.0 cm³/mol. The Bertz CT molecular complexity index is 401. The van der Waals surface area contributed by atoms with Crippen molar-refractivity contribution in [2.24, 2.45) is 0 Å². The van der Waals surface area contributed by atoms with Crippen molar-refractivity contribution in [1.82, 2.24) is 4.90 Å². The average molecular weight is 223 g/mol. The van der Waals surface area contributed by atoms with Gasteiger partial charge < -0.3 is 14.7 Å². The zero-order chi connectivity index (χ0) is 12.3. The van der Waals surface area contributed by atoms with Gasteiger partial charge in [0.25, 0.3) is 0 Å². The maximum Gasteiger partial charge on any atom is 0.407 e. The smallest absolute Gasteiger partial charge is 0.407 e. The molecule has 0 saturated heterocycles. The van der Waals surface area contributed by atoms with Gasteiger partial charge in [0.05, 0.1) is 7.11 Å². The summed E-state index contributed by atoms with van der Waals surface area (Å²) in [4.78, 5) is 12.0.